The van der Waals surface area contributed by atoms with E-state index in [4.69, 9.17) is 19.0 Å². The predicted octanol–water partition coefficient (Wildman–Crippen LogP) is 4.76. The Morgan fingerprint density at radius 1 is 1.14 bits per heavy atom. The highest BCUT2D eigenvalue weighted by Gasteiger charge is 2.39. The van der Waals surface area contributed by atoms with Crippen LogP contribution in [0.3, 0.4) is 0 Å². The molecule has 0 bridgehead atoms. The van der Waals surface area contributed by atoms with Gasteiger partial charge in [-0.05, 0) is 42.4 Å². The molecule has 1 aromatic carbocycles. The molecule has 1 heterocycles. The fraction of sp³-hybridized carbons (Fsp3) is 0.522. The normalized spacial score (nSPS) is 13.3. The Morgan fingerprint density at radius 2 is 1.83 bits per heavy atom. The highest BCUT2D eigenvalue weighted by atomic mass is 28.4. The van der Waals surface area contributed by atoms with Crippen molar-refractivity contribution < 1.29 is 42.1 Å². The molecule has 1 atom stereocenters. The summed E-state index contributed by atoms with van der Waals surface area (Å²) in [6, 6.07) is 6.27. The lowest BCUT2D eigenvalue weighted by Gasteiger charge is -2.36. The van der Waals surface area contributed by atoms with Crippen LogP contribution in [-0.4, -0.2) is 53.4 Å². The number of benzene rings is 1. The van der Waals surface area contributed by atoms with Crippen LogP contribution in [-0.2, 0) is 17.8 Å². The summed E-state index contributed by atoms with van der Waals surface area (Å²) in [5, 5.41) is 19.0. The lowest BCUT2D eigenvalue weighted by atomic mass is 10.1. The predicted molar refractivity (Wildman–Crippen MR) is 124 cm³/mol. The summed E-state index contributed by atoms with van der Waals surface area (Å²) < 4.78 is 53.9. The van der Waals surface area contributed by atoms with Gasteiger partial charge in [-0.25, -0.2) is 9.78 Å². The van der Waals surface area contributed by atoms with E-state index in [1.807, 2.05) is 0 Å². The van der Waals surface area contributed by atoms with E-state index < -0.39 is 39.6 Å². The Kier molecular flexibility index (Phi) is 9.12. The van der Waals surface area contributed by atoms with Crippen molar-refractivity contribution in [3.05, 3.63) is 41.7 Å². The molecule has 1 unspecified atom stereocenters. The number of aliphatic carboxylic acids is 1. The van der Waals surface area contributed by atoms with Crippen LogP contribution in [0, 0.1) is 0 Å². The number of carboxylic acids is 1. The van der Waals surface area contributed by atoms with Crippen LogP contribution in [0.25, 0.3) is 0 Å². The number of hydrogen-bond donors (Lipinski definition) is 2. The lowest BCUT2D eigenvalue weighted by molar-refractivity contribution is -0.146. The van der Waals surface area contributed by atoms with Crippen molar-refractivity contribution >= 4 is 14.3 Å². The van der Waals surface area contributed by atoms with Crippen LogP contribution in [0.1, 0.15) is 38.4 Å². The lowest BCUT2D eigenvalue weighted by Crippen LogP contribution is -2.43. The zero-order valence-corrected chi connectivity index (χ0v) is 21.3. The van der Waals surface area contributed by atoms with Crippen LogP contribution in [0.5, 0.6) is 17.5 Å². The van der Waals surface area contributed by atoms with Gasteiger partial charge in [0.25, 0.3) is 0 Å². The van der Waals surface area contributed by atoms with E-state index in [2.05, 4.69) is 43.8 Å². The van der Waals surface area contributed by atoms with Gasteiger partial charge in [0.1, 0.15) is 24.7 Å². The maximum atomic E-state index is 12.3. The summed E-state index contributed by atoms with van der Waals surface area (Å²) in [7, 11) is -2.17. The minimum atomic E-state index is -4.35. The number of carboxylic acid groups (broad SMARTS) is 1. The molecule has 2 N–H and O–H groups in total. The summed E-state index contributed by atoms with van der Waals surface area (Å²) in [6.07, 6.45) is -6.00. The monoisotopic (exact) mass is 516 g/mol. The van der Waals surface area contributed by atoms with Crippen molar-refractivity contribution in [1.82, 2.24) is 9.97 Å². The van der Waals surface area contributed by atoms with Gasteiger partial charge in [-0.3, -0.25) is 0 Å². The first-order valence-corrected chi connectivity index (χ1v) is 13.9. The van der Waals surface area contributed by atoms with Crippen LogP contribution >= 0.6 is 0 Å². The molecule has 2 aromatic rings. The Morgan fingerprint density at radius 3 is 2.43 bits per heavy atom. The molecule has 0 amide bonds. The minimum Gasteiger partial charge on any atom is -0.543 e. The second kappa shape index (κ2) is 11.3. The van der Waals surface area contributed by atoms with Crippen molar-refractivity contribution in [1.29, 1.82) is 0 Å². The number of halogens is 3. The molecular weight excluding hydrogens is 485 g/mol. The maximum Gasteiger partial charge on any atom is 0.392 e. The third-order valence-electron chi connectivity index (χ3n) is 5.59. The van der Waals surface area contributed by atoms with Crippen molar-refractivity contribution in [2.45, 2.75) is 70.6 Å². The quantitative estimate of drug-likeness (QED) is 0.412. The number of alkyl halides is 3. The van der Waals surface area contributed by atoms with Crippen LogP contribution < -0.4 is 13.9 Å². The molecule has 0 saturated carbocycles. The van der Waals surface area contributed by atoms with Crippen LogP contribution in [0.2, 0.25) is 18.1 Å². The first-order chi connectivity index (χ1) is 16.1. The molecule has 12 heteroatoms. The fourth-order valence-electron chi connectivity index (χ4n) is 2.60. The number of aliphatic hydroxyl groups is 1. The molecule has 0 aliphatic heterocycles. The maximum absolute atomic E-state index is 12.3. The largest absolute Gasteiger partial charge is 0.543 e. The summed E-state index contributed by atoms with van der Waals surface area (Å²) in [5.74, 6) is -0.520. The van der Waals surface area contributed by atoms with E-state index >= 15 is 0 Å². The highest BCUT2D eigenvalue weighted by molar-refractivity contribution is 6.74. The van der Waals surface area contributed by atoms with Gasteiger partial charge in [0, 0.05) is 18.2 Å². The summed E-state index contributed by atoms with van der Waals surface area (Å²) in [4.78, 5) is 19.0. The summed E-state index contributed by atoms with van der Waals surface area (Å²) >= 11 is 0. The minimum absolute atomic E-state index is 0.0597. The Bertz CT molecular complexity index is 1010. The van der Waals surface area contributed by atoms with Crippen molar-refractivity contribution in [3.63, 3.8) is 0 Å². The van der Waals surface area contributed by atoms with Gasteiger partial charge >= 0.3 is 18.2 Å². The smallest absolute Gasteiger partial charge is 0.392 e. The molecular formula is C23H31F3N2O6Si. The number of carbonyl (C=O) groups is 1. The van der Waals surface area contributed by atoms with Crippen LogP contribution in [0.4, 0.5) is 13.2 Å². The highest BCUT2D eigenvalue weighted by Crippen LogP contribution is 2.38. The molecule has 0 aliphatic rings. The molecule has 0 fully saturated rings. The average molecular weight is 517 g/mol. The van der Waals surface area contributed by atoms with E-state index in [1.165, 1.54) is 12.3 Å². The number of aliphatic hydroxyl groups excluding tert-OH is 1. The number of rotatable bonds is 11. The first kappa shape index (κ1) is 28.4. The molecule has 0 spiro atoms. The van der Waals surface area contributed by atoms with Gasteiger partial charge in [-0.15, -0.1) is 0 Å². The van der Waals surface area contributed by atoms with Gasteiger partial charge in [0.15, 0.2) is 6.10 Å². The molecule has 35 heavy (non-hydrogen) atoms. The van der Waals surface area contributed by atoms with Gasteiger partial charge in [-0.2, -0.15) is 18.2 Å². The first-order valence-electron chi connectivity index (χ1n) is 10.9. The van der Waals surface area contributed by atoms with E-state index in [-0.39, 0.29) is 24.1 Å². The van der Waals surface area contributed by atoms with E-state index in [0.29, 0.717) is 22.8 Å². The zero-order valence-electron chi connectivity index (χ0n) is 20.3. The fourth-order valence-corrected chi connectivity index (χ4v) is 3.62. The van der Waals surface area contributed by atoms with Gasteiger partial charge in [0.05, 0.1) is 12.1 Å². The summed E-state index contributed by atoms with van der Waals surface area (Å²) in [5.41, 5.74) is 0.764. The van der Waals surface area contributed by atoms with Gasteiger partial charge in [-0.1, -0.05) is 20.8 Å². The Balaban J connectivity index is 2.18. The van der Waals surface area contributed by atoms with Gasteiger partial charge in [0.2, 0.25) is 8.32 Å². The van der Waals surface area contributed by atoms with Crippen molar-refractivity contribution in [2.75, 3.05) is 6.61 Å². The number of aromatic nitrogens is 2. The zero-order chi connectivity index (χ0) is 26.4. The number of ether oxygens (including phenoxy) is 2. The Hall–Kier alpha value is -2.86. The van der Waals surface area contributed by atoms with Gasteiger partial charge < -0.3 is 24.1 Å². The van der Waals surface area contributed by atoms with Crippen LogP contribution in [0.15, 0.2) is 30.5 Å². The second-order valence-electron chi connectivity index (χ2n) is 9.52. The van der Waals surface area contributed by atoms with E-state index in [9.17, 15) is 23.1 Å². The third kappa shape index (κ3) is 9.02. The molecule has 2 rings (SSSR count). The van der Waals surface area contributed by atoms with Crippen molar-refractivity contribution in [3.8, 4) is 17.5 Å². The number of nitrogens with zero attached hydrogens (tertiary/aromatic N) is 2. The van der Waals surface area contributed by atoms with E-state index in [1.54, 1.807) is 18.2 Å². The average Bonchev–Trinajstić information content (AvgIpc) is 2.71. The van der Waals surface area contributed by atoms with E-state index in [0.717, 1.165) is 0 Å². The molecule has 0 radical (unpaired) electrons. The number of hydrogen-bond acceptors (Lipinski definition) is 7. The second-order valence-corrected chi connectivity index (χ2v) is 14.2. The molecule has 8 nitrogen and oxygen atoms in total. The summed E-state index contributed by atoms with van der Waals surface area (Å²) in [6.45, 7) is 9.73. The molecule has 1 aromatic heterocycles. The SMILES string of the molecule is CC(C)(C)[Si](C)(C)Oc1ccc(OCc2ccnc(OCCC(F)(F)F)n2)c(CC(O)C(=O)O)c1. The standard InChI is InChI=1S/C23H31F3N2O6Si/c1-22(2,3)35(4,5)34-17-6-7-19(15(12-17)13-18(29)20(30)31)33-14-16-8-10-27-21(28-16)32-11-9-23(24,25)26/h6-8,10,12,18,29H,9,11,13-14H2,1-5H3,(H,30,31). The van der Waals surface area contributed by atoms with Crippen molar-refractivity contribution in [2.24, 2.45) is 0 Å². The molecule has 0 aliphatic carbocycles. The molecule has 194 valence electrons. The topological polar surface area (TPSA) is 111 Å². The third-order valence-corrected chi connectivity index (χ3v) is 9.95. The Labute approximate surface area is 203 Å². The molecule has 0 saturated heterocycles.